The molecule has 13 rings (SSSR count). The van der Waals surface area contributed by atoms with Gasteiger partial charge in [-0.15, -0.1) is 15.3 Å². The molecule has 0 aliphatic carbocycles. The Morgan fingerprint density at radius 1 is 0.513 bits per heavy atom. The van der Waals surface area contributed by atoms with E-state index in [0.29, 0.717) is 169 Å². The first-order valence-electron chi connectivity index (χ1n) is 37.7. The van der Waals surface area contributed by atoms with Crippen LogP contribution < -0.4 is 20.7 Å². The molecule has 0 unspecified atom stereocenters. The molecular weight excluding hydrogens is 1530 g/mol. The number of ether oxygens (including phenoxy) is 1. The van der Waals surface area contributed by atoms with Crippen LogP contribution in [0.1, 0.15) is 184 Å². The van der Waals surface area contributed by atoms with Crippen molar-refractivity contribution in [3.8, 4) is 24.1 Å². The molecule has 5 N–H and O–H groups in total. The Balaban J connectivity index is 0.000000170. The molecule has 31 heteroatoms. The third-order valence-corrected chi connectivity index (χ3v) is 20.1. The number of nitrogens with zero attached hydrogens (tertiary/aromatic N) is 18. The number of benzene rings is 3. The largest absolute Gasteiger partial charge is 0.476 e. The van der Waals surface area contributed by atoms with Gasteiger partial charge in [0.15, 0.2) is 0 Å². The Hall–Kier alpha value is -11.1. The Morgan fingerprint density at radius 3 is 1.30 bits per heavy atom. The predicted molar refractivity (Wildman–Crippen MR) is 435 cm³/mol. The zero-order chi connectivity index (χ0) is 82.8. The highest BCUT2D eigenvalue weighted by Gasteiger charge is 2.32. The normalized spacial score (nSPS) is 13.0. The van der Waals surface area contributed by atoms with E-state index in [1.54, 1.807) is 66.8 Å². The van der Waals surface area contributed by atoms with Gasteiger partial charge in [-0.25, -0.2) is 24.3 Å². The molecule has 1 aliphatic rings. The minimum atomic E-state index is -0.660. The van der Waals surface area contributed by atoms with E-state index in [1.165, 1.54) is 24.4 Å². The molecule has 598 valence electrons. The van der Waals surface area contributed by atoms with E-state index in [2.05, 4.69) is 157 Å². The summed E-state index contributed by atoms with van der Waals surface area (Å²) in [7, 11) is 0. The molecule has 0 radical (unpaired) electrons. The number of pyridine rings is 6. The van der Waals surface area contributed by atoms with Crippen LogP contribution in [-0.4, -0.2) is 125 Å². The second kappa shape index (κ2) is 36.6. The van der Waals surface area contributed by atoms with Gasteiger partial charge in [-0.05, 0) is 157 Å². The number of aromatic nitrogens is 15. The molecule has 1 aliphatic heterocycles. The van der Waals surface area contributed by atoms with E-state index in [4.69, 9.17) is 44.6 Å². The minimum absolute atomic E-state index is 0.00482. The summed E-state index contributed by atoms with van der Waals surface area (Å²) in [6, 6.07) is 27.0. The summed E-state index contributed by atoms with van der Waals surface area (Å²) >= 11 is 20.1. The van der Waals surface area contributed by atoms with Gasteiger partial charge >= 0.3 is 0 Å². The van der Waals surface area contributed by atoms with Crippen LogP contribution in [0.25, 0.3) is 32.7 Å². The van der Waals surface area contributed by atoms with Crippen molar-refractivity contribution in [2.75, 3.05) is 55.4 Å². The van der Waals surface area contributed by atoms with Crippen molar-refractivity contribution in [2.45, 2.75) is 159 Å². The van der Waals surface area contributed by atoms with Gasteiger partial charge in [0.25, 0.3) is 0 Å². The van der Waals surface area contributed by atoms with E-state index in [1.807, 2.05) is 36.5 Å². The van der Waals surface area contributed by atoms with Crippen molar-refractivity contribution in [2.24, 2.45) is 16.2 Å². The Morgan fingerprint density at radius 2 is 0.904 bits per heavy atom. The van der Waals surface area contributed by atoms with Gasteiger partial charge < -0.3 is 30.9 Å². The monoisotopic (exact) mass is 1620 g/mol. The third kappa shape index (κ3) is 20.7. The van der Waals surface area contributed by atoms with Crippen LogP contribution in [0.4, 0.5) is 34.6 Å². The number of aliphatic hydroxyl groups is 2. The molecule has 0 saturated heterocycles. The highest BCUT2D eigenvalue weighted by atomic mass is 35.5. The molecule has 3 atom stereocenters. The number of nitrogens with one attached hydrogen (secondary N) is 3. The van der Waals surface area contributed by atoms with Crippen molar-refractivity contribution in [1.29, 1.82) is 15.8 Å². The van der Waals surface area contributed by atoms with Gasteiger partial charge in [0, 0.05) is 135 Å². The Bertz CT molecular complexity index is 5680. The number of aliphatic hydroxyl groups excluding tert-OH is 2. The summed E-state index contributed by atoms with van der Waals surface area (Å²) in [5.41, 5.74) is 12.8. The molecule has 24 nitrogen and oxygen atoms in total. The molecule has 0 bridgehead atoms. The van der Waals surface area contributed by atoms with Crippen LogP contribution in [0, 0.1) is 94.8 Å². The number of rotatable bonds is 24. The van der Waals surface area contributed by atoms with E-state index in [9.17, 15) is 34.1 Å². The standard InChI is InChI=1S/C28H30ClF2N7O.C28H29ClFN7O.C28H31ClFN7O/c1-16-19(6-7-23(30)35-16)20(26-27(31)38(37-36-26)8-5-9-39)10-17-11-21-24(34-15-28(2,3)4)18(13-32)14-33-25(21)22(29)12-17;1-16-19(6-7-23(30)34-16)20(26-27-37(36-35-26)8-5-9-38-27)10-17-11-21-24(33-15-28(2,3)4)18(13-31)14-32-25(21)22(29)12-17;1-17-20(6-7-25(30)34-17)21(24-15-37(36-35-24)8-5-9-38)10-18-11-22-26(33-16-28(2,3)4)19(13-31)14-32-27(22)23(29)12-18/h6-7,11-12,14,20,39H,5,8-10,15H2,1-4H3,(H,33,34);6-7,11-12,14,20H,5,8-10,15H2,1-4H3,(H,32,33);6-7,11-12,14-15,21,38H,5,8-10,16H2,1-4H3,(H,32,33)/t2*20-;21-/m000/s1. The number of nitriles is 3. The lowest BCUT2D eigenvalue weighted by Gasteiger charge is -2.22. The highest BCUT2D eigenvalue weighted by Crippen LogP contribution is 2.42. The van der Waals surface area contributed by atoms with Crippen molar-refractivity contribution in [3.63, 3.8) is 0 Å². The van der Waals surface area contributed by atoms with Crippen LogP contribution >= 0.6 is 34.8 Å². The second-order valence-electron chi connectivity index (χ2n) is 32.1. The summed E-state index contributed by atoms with van der Waals surface area (Å²) in [5.74, 6) is -2.98. The molecule has 115 heavy (non-hydrogen) atoms. The molecule has 10 heterocycles. The molecule has 0 amide bonds. The Kier molecular flexibility index (Phi) is 27.0. The molecule has 0 saturated carbocycles. The lowest BCUT2D eigenvalue weighted by molar-refractivity contribution is 0.227. The van der Waals surface area contributed by atoms with Crippen LogP contribution in [0.2, 0.25) is 15.1 Å². The third-order valence-electron chi connectivity index (χ3n) is 19.2. The highest BCUT2D eigenvalue weighted by molar-refractivity contribution is 6.36. The van der Waals surface area contributed by atoms with E-state index in [-0.39, 0.29) is 60.0 Å². The number of fused-ring (bicyclic) bond motifs is 4. The van der Waals surface area contributed by atoms with Gasteiger partial charge in [0.2, 0.25) is 29.7 Å². The van der Waals surface area contributed by atoms with Gasteiger partial charge in [0.1, 0.15) is 29.6 Å². The first-order valence-corrected chi connectivity index (χ1v) is 38.8. The zero-order valence-electron chi connectivity index (χ0n) is 66.1. The topological polar surface area (TPSA) is 327 Å². The Labute approximate surface area is 679 Å². The summed E-state index contributed by atoms with van der Waals surface area (Å²) in [6.07, 6.45) is 9.38. The fourth-order valence-electron chi connectivity index (χ4n) is 13.6. The maximum absolute atomic E-state index is 15.5. The molecule has 0 fully saturated rings. The molecule has 9 aromatic heterocycles. The van der Waals surface area contributed by atoms with Crippen molar-refractivity contribution in [3.05, 3.63) is 221 Å². The summed E-state index contributed by atoms with van der Waals surface area (Å²) in [5, 5.41) is 87.0. The van der Waals surface area contributed by atoms with Crippen LogP contribution in [0.5, 0.6) is 5.88 Å². The number of aryl methyl sites for hydroxylation is 6. The van der Waals surface area contributed by atoms with Gasteiger partial charge in [0.05, 0.1) is 77.7 Å². The first kappa shape index (κ1) is 84.8. The maximum Gasteiger partial charge on any atom is 0.236 e. The van der Waals surface area contributed by atoms with Crippen LogP contribution in [0.15, 0.2) is 97.6 Å². The lowest BCUT2D eigenvalue weighted by Crippen LogP contribution is -2.20. The average Bonchev–Trinajstić information content (AvgIpc) is 1.72. The summed E-state index contributed by atoms with van der Waals surface area (Å²) in [6.45, 7) is 28.1. The number of hydrogen-bond donors (Lipinski definition) is 5. The second-order valence-corrected chi connectivity index (χ2v) is 33.3. The van der Waals surface area contributed by atoms with E-state index < -0.39 is 29.7 Å². The summed E-state index contributed by atoms with van der Waals surface area (Å²) in [4.78, 5) is 25.4. The number of hydrogen-bond acceptors (Lipinski definition) is 21. The fourth-order valence-corrected chi connectivity index (χ4v) is 14.5. The van der Waals surface area contributed by atoms with Gasteiger partial charge in [-0.3, -0.25) is 19.6 Å². The zero-order valence-corrected chi connectivity index (χ0v) is 68.3. The van der Waals surface area contributed by atoms with Crippen molar-refractivity contribution < 1.29 is 32.5 Å². The minimum Gasteiger partial charge on any atom is -0.476 e. The molecule has 0 spiro atoms. The number of anilines is 3. The van der Waals surface area contributed by atoms with E-state index in [0.717, 1.165) is 56.2 Å². The van der Waals surface area contributed by atoms with Gasteiger partial charge in [-0.1, -0.05) is 131 Å². The average molecular weight is 1620 g/mol. The SMILES string of the molecule is Cc1nc(F)ccc1[C@H](Cc1cc(Cl)c2ncc(C#N)c(NCC(C)(C)C)c2c1)c1cn(CCCO)nn1.Cc1nc(F)ccc1[C@H](Cc1cc(Cl)c2ncc(C#N)c(NCC(C)(C)C)c2c1)c1nnn(CCCO)c1F.Cc1nc(F)ccc1[C@H](Cc1cc(Cl)c2ncc(C#N)c(NCC(C)(C)C)c2c1)c1nnn2c1OCCC2. The quantitative estimate of drug-likeness (QED) is 0.0277. The van der Waals surface area contributed by atoms with Gasteiger partial charge in [-0.2, -0.15) is 33.3 Å². The molecule has 3 aromatic carbocycles. The lowest BCUT2D eigenvalue weighted by atomic mass is 9.87. The van der Waals surface area contributed by atoms with Crippen LogP contribution in [-0.2, 0) is 38.9 Å². The fraction of sp³-hybridized carbons (Fsp3) is 0.393. The summed E-state index contributed by atoms with van der Waals surface area (Å²) < 4.78 is 67.7. The molecule has 12 aromatic rings. The first-order chi connectivity index (χ1) is 54.7. The number of halogens is 7. The maximum atomic E-state index is 15.5. The predicted octanol–water partition coefficient (Wildman–Crippen LogP) is 16.8. The smallest absolute Gasteiger partial charge is 0.236 e. The van der Waals surface area contributed by atoms with Crippen molar-refractivity contribution >= 4 is 84.6 Å². The van der Waals surface area contributed by atoms with Crippen LogP contribution in [0.3, 0.4) is 0 Å². The van der Waals surface area contributed by atoms with Crippen molar-refractivity contribution in [1.82, 2.24) is 74.9 Å². The molecular formula is C84H90Cl3F4N21O3. The van der Waals surface area contributed by atoms with E-state index >= 15 is 4.39 Å².